The van der Waals surface area contributed by atoms with Crippen molar-refractivity contribution in [1.82, 2.24) is 15.1 Å². The van der Waals surface area contributed by atoms with Crippen LogP contribution in [-0.2, 0) is 11.8 Å². The molecule has 126 valence electrons. The predicted molar refractivity (Wildman–Crippen MR) is 92.8 cm³/mol. The Morgan fingerprint density at radius 3 is 2.96 bits per heavy atom. The summed E-state index contributed by atoms with van der Waals surface area (Å²) in [6, 6.07) is 8.30. The lowest BCUT2D eigenvalue weighted by molar-refractivity contribution is 0.0952. The van der Waals surface area contributed by atoms with Crippen LogP contribution < -0.4 is 5.32 Å². The van der Waals surface area contributed by atoms with Crippen molar-refractivity contribution >= 4 is 27.5 Å². The van der Waals surface area contributed by atoms with E-state index in [2.05, 4.69) is 10.4 Å². The molecule has 0 fully saturated rings. The van der Waals surface area contributed by atoms with Crippen molar-refractivity contribution in [3.8, 4) is 11.3 Å². The average molecular weight is 347 g/mol. The number of methoxy groups -OCH3 is 1. The number of fused-ring (bicyclic) bond motifs is 1. The van der Waals surface area contributed by atoms with Crippen LogP contribution in [-0.4, -0.2) is 35.9 Å². The minimum absolute atomic E-state index is 0.133. The third kappa shape index (κ3) is 3.18. The maximum absolute atomic E-state index is 14.1. The minimum atomic E-state index is -0.325. The molecular weight excluding hydrogens is 329 g/mol. The molecule has 1 N–H and O–H groups in total. The molecular formula is C17H18FN3O2S. The second kappa shape index (κ2) is 7.11. The molecule has 1 amide bonds. The summed E-state index contributed by atoms with van der Waals surface area (Å²) in [4.78, 5) is 13.7. The van der Waals surface area contributed by atoms with Crippen molar-refractivity contribution in [3.05, 3.63) is 41.0 Å². The van der Waals surface area contributed by atoms with Crippen molar-refractivity contribution < 1.29 is 13.9 Å². The molecule has 0 unspecified atom stereocenters. The number of aromatic nitrogens is 2. The smallest absolute Gasteiger partial charge is 0.261 e. The average Bonchev–Trinajstić information content (AvgIpc) is 3.13. The van der Waals surface area contributed by atoms with Gasteiger partial charge in [0, 0.05) is 38.3 Å². The molecule has 3 rings (SSSR count). The van der Waals surface area contributed by atoms with E-state index in [9.17, 15) is 9.18 Å². The molecule has 5 nitrogen and oxygen atoms in total. The van der Waals surface area contributed by atoms with Gasteiger partial charge in [-0.1, -0.05) is 12.1 Å². The summed E-state index contributed by atoms with van der Waals surface area (Å²) in [5.41, 5.74) is 0.994. The van der Waals surface area contributed by atoms with Crippen LogP contribution in [0.15, 0.2) is 30.3 Å². The monoisotopic (exact) mass is 347 g/mol. The van der Waals surface area contributed by atoms with Crippen LogP contribution in [0.2, 0.25) is 0 Å². The Morgan fingerprint density at radius 2 is 2.21 bits per heavy atom. The summed E-state index contributed by atoms with van der Waals surface area (Å²) in [6.07, 6.45) is 0.759. The van der Waals surface area contributed by atoms with Gasteiger partial charge < -0.3 is 10.1 Å². The largest absolute Gasteiger partial charge is 0.385 e. The number of nitrogens with one attached hydrogen (secondary N) is 1. The van der Waals surface area contributed by atoms with E-state index < -0.39 is 0 Å². The predicted octanol–water partition coefficient (Wildman–Crippen LogP) is 3.21. The third-order valence-electron chi connectivity index (χ3n) is 3.68. The first-order valence-electron chi connectivity index (χ1n) is 7.60. The van der Waals surface area contributed by atoms with E-state index in [0.717, 1.165) is 16.6 Å². The lowest BCUT2D eigenvalue weighted by Crippen LogP contribution is -2.24. The van der Waals surface area contributed by atoms with Crippen LogP contribution in [0.25, 0.3) is 21.5 Å². The maximum Gasteiger partial charge on any atom is 0.261 e. The van der Waals surface area contributed by atoms with Gasteiger partial charge >= 0.3 is 0 Å². The summed E-state index contributed by atoms with van der Waals surface area (Å²) in [5, 5.41) is 8.06. The molecule has 0 bridgehead atoms. The van der Waals surface area contributed by atoms with Gasteiger partial charge in [0.1, 0.15) is 16.3 Å². The molecule has 0 aliphatic heterocycles. The number of thiophene rings is 1. The zero-order chi connectivity index (χ0) is 17.1. The molecule has 0 aliphatic rings. The van der Waals surface area contributed by atoms with Gasteiger partial charge in [-0.25, -0.2) is 4.39 Å². The SMILES string of the molecule is COCCCNC(=O)c1cc2c(-c3ccccc3F)nn(C)c2s1. The third-order valence-corrected chi connectivity index (χ3v) is 4.88. The van der Waals surface area contributed by atoms with E-state index in [4.69, 9.17) is 4.74 Å². The number of nitrogens with zero attached hydrogens (tertiary/aromatic N) is 2. The zero-order valence-electron chi connectivity index (χ0n) is 13.5. The Morgan fingerprint density at radius 1 is 1.42 bits per heavy atom. The molecule has 0 aliphatic carbocycles. The molecule has 0 atom stereocenters. The molecule has 2 heterocycles. The van der Waals surface area contributed by atoms with Gasteiger partial charge in [0.25, 0.3) is 5.91 Å². The standard InChI is InChI=1S/C17H18FN3O2S/c1-21-17-12(15(20-21)11-6-3-4-7-13(11)18)10-14(24-17)16(22)19-8-5-9-23-2/h3-4,6-7,10H,5,8-9H2,1-2H3,(H,19,22). The topological polar surface area (TPSA) is 56.1 Å². The van der Waals surface area contributed by atoms with E-state index in [-0.39, 0.29) is 11.7 Å². The maximum atomic E-state index is 14.1. The molecule has 0 spiro atoms. The molecule has 0 saturated carbocycles. The van der Waals surface area contributed by atoms with E-state index in [0.29, 0.717) is 29.3 Å². The molecule has 0 saturated heterocycles. The second-order valence-corrected chi connectivity index (χ2v) is 6.41. The molecule has 3 aromatic rings. The molecule has 24 heavy (non-hydrogen) atoms. The number of halogens is 1. The number of amides is 1. The normalized spacial score (nSPS) is 11.1. The van der Waals surface area contributed by atoms with Gasteiger partial charge in [0.15, 0.2) is 0 Å². The van der Waals surface area contributed by atoms with Crippen molar-refractivity contribution in [2.45, 2.75) is 6.42 Å². The number of hydrogen-bond donors (Lipinski definition) is 1. The Labute approximate surface area is 143 Å². The van der Waals surface area contributed by atoms with Gasteiger partial charge in [0.2, 0.25) is 0 Å². The Bertz CT molecular complexity index is 872. The highest BCUT2D eigenvalue weighted by Crippen LogP contribution is 2.34. The van der Waals surface area contributed by atoms with E-state index in [1.54, 1.807) is 43.1 Å². The number of carbonyl (C=O) groups is 1. The van der Waals surface area contributed by atoms with Crippen LogP contribution in [0, 0.1) is 5.82 Å². The first kappa shape index (κ1) is 16.6. The van der Waals surface area contributed by atoms with Gasteiger partial charge in [-0.05, 0) is 24.6 Å². The Hall–Kier alpha value is -2.25. The summed E-state index contributed by atoms with van der Waals surface area (Å²) >= 11 is 1.35. The van der Waals surface area contributed by atoms with Crippen molar-refractivity contribution in [2.75, 3.05) is 20.3 Å². The summed E-state index contributed by atoms with van der Waals surface area (Å²) < 4.78 is 20.7. The zero-order valence-corrected chi connectivity index (χ0v) is 14.3. The fourth-order valence-corrected chi connectivity index (χ4v) is 3.50. The fourth-order valence-electron chi connectivity index (χ4n) is 2.51. The van der Waals surface area contributed by atoms with Crippen molar-refractivity contribution in [2.24, 2.45) is 7.05 Å². The molecule has 2 aromatic heterocycles. The summed E-state index contributed by atoms with van der Waals surface area (Å²) in [6.45, 7) is 1.16. The second-order valence-electron chi connectivity index (χ2n) is 5.38. The van der Waals surface area contributed by atoms with Gasteiger partial charge in [0.05, 0.1) is 4.88 Å². The van der Waals surface area contributed by atoms with Crippen LogP contribution >= 0.6 is 11.3 Å². The van der Waals surface area contributed by atoms with Crippen LogP contribution in [0.3, 0.4) is 0 Å². The Balaban J connectivity index is 1.90. The van der Waals surface area contributed by atoms with Gasteiger partial charge in [-0.3, -0.25) is 9.48 Å². The molecule has 1 aromatic carbocycles. The molecule has 7 heteroatoms. The number of benzene rings is 1. The fraction of sp³-hybridized carbons (Fsp3) is 0.294. The number of aryl methyl sites for hydroxylation is 1. The highest BCUT2D eigenvalue weighted by atomic mass is 32.1. The highest BCUT2D eigenvalue weighted by Gasteiger charge is 2.19. The first-order valence-corrected chi connectivity index (χ1v) is 8.42. The van der Waals surface area contributed by atoms with Gasteiger partial charge in [-0.15, -0.1) is 11.3 Å². The highest BCUT2D eigenvalue weighted by molar-refractivity contribution is 7.20. The first-order chi connectivity index (χ1) is 11.6. The summed E-state index contributed by atoms with van der Waals surface area (Å²) in [5.74, 6) is -0.457. The number of ether oxygens (including phenoxy) is 1. The minimum Gasteiger partial charge on any atom is -0.385 e. The molecule has 0 radical (unpaired) electrons. The van der Waals surface area contributed by atoms with Crippen molar-refractivity contribution in [1.29, 1.82) is 0 Å². The lowest BCUT2D eigenvalue weighted by Gasteiger charge is -2.02. The van der Waals surface area contributed by atoms with E-state index in [1.807, 2.05) is 0 Å². The quantitative estimate of drug-likeness (QED) is 0.697. The lowest BCUT2D eigenvalue weighted by atomic mass is 10.1. The van der Waals surface area contributed by atoms with E-state index >= 15 is 0 Å². The van der Waals surface area contributed by atoms with Gasteiger partial charge in [-0.2, -0.15) is 5.10 Å². The number of carbonyl (C=O) groups excluding carboxylic acids is 1. The van der Waals surface area contributed by atoms with Crippen LogP contribution in [0.5, 0.6) is 0 Å². The van der Waals surface area contributed by atoms with Crippen LogP contribution in [0.4, 0.5) is 4.39 Å². The van der Waals surface area contributed by atoms with Crippen molar-refractivity contribution in [3.63, 3.8) is 0 Å². The Kier molecular flexibility index (Phi) is 4.92. The summed E-state index contributed by atoms with van der Waals surface area (Å²) in [7, 11) is 3.43. The number of hydrogen-bond acceptors (Lipinski definition) is 4. The van der Waals surface area contributed by atoms with Crippen LogP contribution in [0.1, 0.15) is 16.1 Å². The van der Waals surface area contributed by atoms with E-state index in [1.165, 1.54) is 17.4 Å². The number of rotatable bonds is 6.